The molecular weight excluding hydrogens is 359 g/mol. The Hall–Kier alpha value is -1.89. The van der Waals surface area contributed by atoms with Gasteiger partial charge in [0.2, 0.25) is 0 Å². The van der Waals surface area contributed by atoms with E-state index in [9.17, 15) is 0 Å². The van der Waals surface area contributed by atoms with Crippen LogP contribution in [0.4, 0.5) is 0 Å². The molecule has 4 nitrogen and oxygen atoms in total. The fourth-order valence-corrected chi connectivity index (χ4v) is 3.35. The van der Waals surface area contributed by atoms with Gasteiger partial charge in [0.05, 0.1) is 0 Å². The van der Waals surface area contributed by atoms with Crippen LogP contribution in [0.5, 0.6) is 0 Å². The van der Waals surface area contributed by atoms with Crippen LogP contribution < -0.4 is 26.3 Å². The van der Waals surface area contributed by atoms with Gasteiger partial charge in [0.1, 0.15) is 0 Å². The number of halogens is 1. The molecule has 0 fully saturated rings. The predicted octanol–water partition coefficient (Wildman–Crippen LogP) is -2.36. The van der Waals surface area contributed by atoms with Gasteiger partial charge in [-0.1, -0.05) is 36.4 Å². The molecule has 2 aromatic rings. The fourth-order valence-electron chi connectivity index (χ4n) is 1.08. The van der Waals surface area contributed by atoms with Gasteiger partial charge in [-0.2, -0.15) is 0 Å². The second-order valence-electron chi connectivity index (χ2n) is 3.28. The molecule has 0 unspecified atom stereocenters. The maximum absolute atomic E-state index is 9.04. The third-order valence-electron chi connectivity index (χ3n) is 1.86. The Balaban J connectivity index is 0.000000258. The standard InChI is InChI=1S/C12H10I.C2H2O4/c1-3-7-11(8-4-1)13-12-9-5-2-6-10-12;3-1(4)2(5)6/h1-10H;(H,3,4)(H,5,6)/q+1;/p-1. The van der Waals surface area contributed by atoms with E-state index >= 15 is 0 Å². The molecule has 0 aromatic heterocycles. The Morgan fingerprint density at radius 1 is 0.842 bits per heavy atom. The number of hydrogen-bond acceptors (Lipinski definition) is 3. The first-order valence-corrected chi connectivity index (χ1v) is 7.44. The molecule has 2 aromatic carbocycles. The minimum Gasteiger partial charge on any atom is -0.539 e. The molecule has 1 N–H and O–H groups in total. The number of carboxylic acids is 2. The third kappa shape index (κ3) is 6.56. The van der Waals surface area contributed by atoms with E-state index in [-0.39, 0.29) is 21.2 Å². The molecule has 0 saturated carbocycles. The van der Waals surface area contributed by atoms with Crippen LogP contribution in [0.2, 0.25) is 0 Å². The molecule has 0 radical (unpaired) electrons. The molecule has 0 aliphatic heterocycles. The number of carboxylic acid groups (broad SMARTS) is 2. The van der Waals surface area contributed by atoms with Gasteiger partial charge < -0.3 is 15.0 Å². The van der Waals surface area contributed by atoms with Gasteiger partial charge in [0, 0.05) is 0 Å². The normalized spacial score (nSPS) is 9.05. The Bertz CT molecular complexity index is 476. The number of aliphatic carboxylic acids is 2. The average Bonchev–Trinajstić information content (AvgIpc) is 2.41. The smallest absolute Gasteiger partial charge is 0.357 e. The minimum atomic E-state index is -2.07. The summed E-state index contributed by atoms with van der Waals surface area (Å²) >= 11 is 0.0287. The van der Waals surface area contributed by atoms with Crippen LogP contribution in [0.15, 0.2) is 60.7 Å². The molecule has 98 valence electrons. The van der Waals surface area contributed by atoms with Crippen LogP contribution in [0.1, 0.15) is 0 Å². The van der Waals surface area contributed by atoms with Crippen molar-refractivity contribution in [3.05, 3.63) is 67.8 Å². The highest BCUT2D eigenvalue weighted by Crippen LogP contribution is 1.85. The lowest BCUT2D eigenvalue weighted by molar-refractivity contribution is -0.597. The minimum absolute atomic E-state index is 0.0287. The summed E-state index contributed by atoms with van der Waals surface area (Å²) in [5.41, 5.74) is 0. The van der Waals surface area contributed by atoms with Crippen LogP contribution in [0, 0.1) is 7.14 Å². The first-order chi connectivity index (χ1) is 9.09. The van der Waals surface area contributed by atoms with Crippen molar-refractivity contribution >= 4 is 11.9 Å². The van der Waals surface area contributed by atoms with Gasteiger partial charge in [0.15, 0.2) is 13.1 Å². The summed E-state index contributed by atoms with van der Waals surface area (Å²) in [6.45, 7) is 0. The topological polar surface area (TPSA) is 77.4 Å². The van der Waals surface area contributed by atoms with Crippen molar-refractivity contribution in [3.63, 3.8) is 0 Å². The summed E-state index contributed by atoms with van der Waals surface area (Å²) in [5, 5.41) is 16.3. The monoisotopic (exact) mass is 370 g/mol. The molecule has 0 atom stereocenters. The molecule has 5 heteroatoms. The summed E-state index contributed by atoms with van der Waals surface area (Å²) in [4.78, 5) is 18.0. The molecule has 0 bridgehead atoms. The van der Waals surface area contributed by atoms with Gasteiger partial charge in [-0.05, 0) is 24.3 Å². The van der Waals surface area contributed by atoms with E-state index in [4.69, 9.17) is 19.8 Å². The molecule has 0 aliphatic rings. The van der Waals surface area contributed by atoms with Crippen molar-refractivity contribution in [2.45, 2.75) is 0 Å². The summed E-state index contributed by atoms with van der Waals surface area (Å²) in [7, 11) is 0. The second kappa shape index (κ2) is 8.25. The number of benzene rings is 2. The highest BCUT2D eigenvalue weighted by atomic mass is 127. The highest BCUT2D eigenvalue weighted by molar-refractivity contribution is 6.26. The summed E-state index contributed by atoms with van der Waals surface area (Å²) < 4.78 is 2.96. The van der Waals surface area contributed by atoms with Crippen LogP contribution in [0.3, 0.4) is 0 Å². The zero-order valence-electron chi connectivity index (χ0n) is 9.82. The van der Waals surface area contributed by atoms with E-state index in [2.05, 4.69) is 60.7 Å². The zero-order valence-corrected chi connectivity index (χ0v) is 12.0. The first-order valence-electron chi connectivity index (χ1n) is 5.29. The number of carbonyl (C=O) groups is 2. The van der Waals surface area contributed by atoms with Gasteiger partial charge in [0.25, 0.3) is 0 Å². The van der Waals surface area contributed by atoms with Gasteiger partial charge in [-0.3, -0.25) is 0 Å². The lowest BCUT2D eigenvalue weighted by Gasteiger charge is -1.85. The van der Waals surface area contributed by atoms with Crippen molar-refractivity contribution in [2.24, 2.45) is 0 Å². The highest BCUT2D eigenvalue weighted by Gasteiger charge is 2.12. The second-order valence-corrected chi connectivity index (χ2v) is 6.31. The van der Waals surface area contributed by atoms with Crippen molar-refractivity contribution in [3.8, 4) is 0 Å². The van der Waals surface area contributed by atoms with Crippen LogP contribution >= 0.6 is 0 Å². The van der Waals surface area contributed by atoms with Crippen LogP contribution in [0.25, 0.3) is 0 Å². The van der Waals surface area contributed by atoms with Gasteiger partial charge in [-0.15, -0.1) is 0 Å². The van der Waals surface area contributed by atoms with E-state index in [1.165, 1.54) is 7.14 Å². The van der Waals surface area contributed by atoms with E-state index in [0.717, 1.165) is 0 Å². The number of rotatable bonds is 2. The van der Waals surface area contributed by atoms with Crippen molar-refractivity contribution in [2.75, 3.05) is 0 Å². The molecule has 0 amide bonds. The Morgan fingerprint density at radius 3 is 1.42 bits per heavy atom. The molecule has 0 spiro atoms. The van der Waals surface area contributed by atoms with E-state index < -0.39 is 11.9 Å². The lowest BCUT2D eigenvalue weighted by Crippen LogP contribution is -3.61. The number of carbonyl (C=O) groups excluding carboxylic acids is 1. The van der Waals surface area contributed by atoms with E-state index in [0.29, 0.717) is 0 Å². The molecule has 19 heavy (non-hydrogen) atoms. The van der Waals surface area contributed by atoms with Crippen molar-refractivity contribution in [1.29, 1.82) is 0 Å². The van der Waals surface area contributed by atoms with Gasteiger partial charge in [-0.25, -0.2) is 4.79 Å². The average molecular weight is 370 g/mol. The summed E-state index contributed by atoms with van der Waals surface area (Å²) in [6, 6.07) is 21.4. The van der Waals surface area contributed by atoms with Crippen molar-refractivity contribution in [1.82, 2.24) is 0 Å². The Morgan fingerprint density at radius 2 is 1.16 bits per heavy atom. The Labute approximate surface area is 121 Å². The van der Waals surface area contributed by atoms with Gasteiger partial charge >= 0.3 is 27.2 Å². The van der Waals surface area contributed by atoms with E-state index in [1.807, 2.05) is 0 Å². The van der Waals surface area contributed by atoms with Crippen LogP contribution in [-0.2, 0) is 9.59 Å². The predicted molar refractivity (Wildman–Crippen MR) is 62.9 cm³/mol. The maximum Gasteiger partial charge on any atom is 0.357 e. The quantitative estimate of drug-likeness (QED) is 0.474. The van der Waals surface area contributed by atoms with Crippen LogP contribution in [-0.4, -0.2) is 17.0 Å². The maximum atomic E-state index is 9.04. The molecule has 0 heterocycles. The Kier molecular flexibility index (Phi) is 6.59. The fraction of sp³-hybridized carbons (Fsp3) is 0. The summed E-state index contributed by atoms with van der Waals surface area (Å²) in [6.07, 6.45) is 0. The zero-order chi connectivity index (χ0) is 14.1. The largest absolute Gasteiger partial charge is 0.539 e. The van der Waals surface area contributed by atoms with Crippen molar-refractivity contribution < 1.29 is 41.0 Å². The third-order valence-corrected chi connectivity index (χ3v) is 4.54. The SMILES string of the molecule is O=C([O-])C(=O)O.c1ccc([I+]c2ccccc2)cc1. The molecule has 0 saturated heterocycles. The lowest BCUT2D eigenvalue weighted by atomic mass is 10.4. The molecule has 0 aliphatic carbocycles. The summed E-state index contributed by atoms with van der Waals surface area (Å²) in [5.74, 6) is -4.01. The first kappa shape index (κ1) is 15.2. The molecule has 2 rings (SSSR count). The molecular formula is C14H11IO4. The van der Waals surface area contributed by atoms with E-state index in [1.54, 1.807) is 0 Å². The number of hydrogen-bond donors (Lipinski definition) is 1.